The van der Waals surface area contributed by atoms with Gasteiger partial charge in [-0.2, -0.15) is 5.10 Å². The molecule has 9 nitrogen and oxygen atoms in total. The molecule has 0 saturated carbocycles. The number of carbonyl (C=O) groups is 3. The number of aliphatic carboxylic acids is 1. The van der Waals surface area contributed by atoms with Gasteiger partial charge in [0.1, 0.15) is 6.61 Å². The monoisotopic (exact) mass is 412 g/mol. The number of hydrazone groups is 1. The molecule has 0 heterocycles. The maximum Gasteiger partial charge on any atom is 0.329 e. The van der Waals surface area contributed by atoms with Gasteiger partial charge in [-0.15, -0.1) is 0 Å². The molecule has 2 aromatic carbocycles. The highest BCUT2D eigenvalue weighted by molar-refractivity contribution is 6.39. The maximum atomic E-state index is 12.0. The highest BCUT2D eigenvalue weighted by atomic mass is 16.5. The summed E-state index contributed by atoms with van der Waals surface area (Å²) >= 11 is 0. The van der Waals surface area contributed by atoms with Crippen LogP contribution in [0.2, 0.25) is 0 Å². The number of nitrogens with one attached hydrogen (secondary N) is 2. The second-order valence-corrected chi connectivity index (χ2v) is 5.96. The molecule has 158 valence electrons. The molecule has 0 spiro atoms. The van der Waals surface area contributed by atoms with E-state index in [-0.39, 0.29) is 5.75 Å². The predicted octanol–water partition coefficient (Wildman–Crippen LogP) is 0.865. The zero-order valence-corrected chi connectivity index (χ0v) is 16.6. The summed E-state index contributed by atoms with van der Waals surface area (Å²) in [5.41, 5.74) is 4.17. The van der Waals surface area contributed by atoms with Gasteiger partial charge in [0.05, 0.1) is 18.8 Å². The Morgan fingerprint density at radius 1 is 1.03 bits per heavy atom. The Balaban J connectivity index is 1.99. The number of nitrogens with zero attached hydrogens (tertiary/aromatic N) is 1. The molecule has 0 aliphatic carbocycles. The van der Waals surface area contributed by atoms with Crippen molar-refractivity contribution in [3.8, 4) is 11.5 Å². The van der Waals surface area contributed by atoms with E-state index in [0.29, 0.717) is 30.0 Å². The standard InChI is InChI=1S/C21H23N3O6/c1-3-15-7-5-6-8-16(15)23-20(27)21(28)24-22-12-14-9-10-17(30-13-19(25)26)18(11-14)29-4-2/h5-12H,3-4,13H2,1-2H3,(H,23,27)(H,24,28)(H,25,26)/p-1/b22-12-. The van der Waals surface area contributed by atoms with Gasteiger partial charge in [0.2, 0.25) is 0 Å². The lowest BCUT2D eigenvalue weighted by atomic mass is 10.1. The van der Waals surface area contributed by atoms with Gasteiger partial charge in [-0.3, -0.25) is 9.59 Å². The normalized spacial score (nSPS) is 10.5. The second kappa shape index (κ2) is 11.2. The molecule has 0 radical (unpaired) electrons. The number of ether oxygens (including phenoxy) is 2. The summed E-state index contributed by atoms with van der Waals surface area (Å²) in [6.07, 6.45) is 2.03. The highest BCUT2D eigenvalue weighted by Gasteiger charge is 2.14. The van der Waals surface area contributed by atoms with Gasteiger partial charge in [0, 0.05) is 5.69 Å². The third-order valence-corrected chi connectivity index (χ3v) is 3.85. The number of amides is 2. The number of para-hydroxylation sites is 1. The molecule has 0 unspecified atom stereocenters. The summed E-state index contributed by atoms with van der Waals surface area (Å²) in [6, 6.07) is 11.8. The molecule has 0 fully saturated rings. The molecule has 9 heteroatoms. The van der Waals surface area contributed by atoms with Crippen LogP contribution in [0.15, 0.2) is 47.6 Å². The van der Waals surface area contributed by atoms with Crippen LogP contribution in [0.4, 0.5) is 5.69 Å². The average Bonchev–Trinajstić information content (AvgIpc) is 2.73. The van der Waals surface area contributed by atoms with E-state index in [1.165, 1.54) is 12.3 Å². The molecule has 0 aliphatic rings. The zero-order chi connectivity index (χ0) is 21.9. The molecule has 2 N–H and O–H groups in total. The summed E-state index contributed by atoms with van der Waals surface area (Å²) < 4.78 is 10.5. The van der Waals surface area contributed by atoms with Crippen molar-refractivity contribution in [2.24, 2.45) is 5.10 Å². The number of aryl methyl sites for hydroxylation is 1. The zero-order valence-electron chi connectivity index (χ0n) is 16.6. The van der Waals surface area contributed by atoms with E-state index in [1.807, 2.05) is 19.1 Å². The lowest BCUT2D eigenvalue weighted by Crippen LogP contribution is -2.32. The van der Waals surface area contributed by atoms with Crippen molar-refractivity contribution in [1.29, 1.82) is 0 Å². The number of benzene rings is 2. The van der Waals surface area contributed by atoms with Crippen LogP contribution in [-0.4, -0.2) is 37.2 Å². The number of carboxylic acids is 1. The first-order valence-corrected chi connectivity index (χ1v) is 9.26. The molecule has 30 heavy (non-hydrogen) atoms. The molecule has 0 atom stereocenters. The number of carboxylic acid groups (broad SMARTS) is 1. The minimum absolute atomic E-state index is 0.233. The van der Waals surface area contributed by atoms with Gasteiger partial charge in [0.15, 0.2) is 11.5 Å². The number of carbonyl (C=O) groups excluding carboxylic acids is 3. The van der Waals surface area contributed by atoms with Crippen molar-refractivity contribution >= 4 is 29.7 Å². The molecular weight excluding hydrogens is 390 g/mol. The first-order chi connectivity index (χ1) is 14.4. The Hall–Kier alpha value is -3.88. The summed E-state index contributed by atoms with van der Waals surface area (Å²) in [6.45, 7) is 3.43. The Kier molecular flexibility index (Phi) is 8.37. The van der Waals surface area contributed by atoms with E-state index in [1.54, 1.807) is 31.2 Å². The Labute approximate surface area is 173 Å². The Morgan fingerprint density at radius 3 is 2.50 bits per heavy atom. The SMILES string of the molecule is CCOc1cc(/C=N\NC(=O)C(=O)Nc2ccccc2CC)ccc1OCC(=O)[O-]. The van der Waals surface area contributed by atoms with Crippen LogP contribution in [-0.2, 0) is 20.8 Å². The van der Waals surface area contributed by atoms with Gasteiger partial charge in [-0.1, -0.05) is 25.1 Å². The molecule has 2 aromatic rings. The van der Waals surface area contributed by atoms with Gasteiger partial charge in [-0.25, -0.2) is 5.43 Å². The lowest BCUT2D eigenvalue weighted by Gasteiger charge is -2.12. The summed E-state index contributed by atoms with van der Waals surface area (Å²) in [5.74, 6) is -2.57. The summed E-state index contributed by atoms with van der Waals surface area (Å²) in [4.78, 5) is 34.6. The predicted molar refractivity (Wildman–Crippen MR) is 108 cm³/mol. The minimum Gasteiger partial charge on any atom is -0.546 e. The highest BCUT2D eigenvalue weighted by Crippen LogP contribution is 2.28. The van der Waals surface area contributed by atoms with E-state index >= 15 is 0 Å². The van der Waals surface area contributed by atoms with Crippen molar-refractivity contribution in [3.05, 3.63) is 53.6 Å². The molecule has 2 amide bonds. The molecule has 0 aliphatic heterocycles. The average molecular weight is 412 g/mol. The van der Waals surface area contributed by atoms with Crippen LogP contribution in [0, 0.1) is 0 Å². The van der Waals surface area contributed by atoms with Crippen LogP contribution in [0.1, 0.15) is 25.0 Å². The molecule has 2 rings (SSSR count). The summed E-state index contributed by atoms with van der Waals surface area (Å²) in [5, 5.41) is 16.9. The van der Waals surface area contributed by atoms with Crippen molar-refractivity contribution in [1.82, 2.24) is 5.43 Å². The Bertz CT molecular complexity index is 942. The number of hydrogen-bond acceptors (Lipinski definition) is 7. The fraction of sp³-hybridized carbons (Fsp3) is 0.238. The first-order valence-electron chi connectivity index (χ1n) is 9.26. The minimum atomic E-state index is -1.36. The van der Waals surface area contributed by atoms with Crippen LogP contribution < -0.4 is 25.3 Å². The van der Waals surface area contributed by atoms with Crippen LogP contribution >= 0.6 is 0 Å². The largest absolute Gasteiger partial charge is 0.546 e. The lowest BCUT2D eigenvalue weighted by molar-refractivity contribution is -0.307. The quantitative estimate of drug-likeness (QED) is 0.357. The van der Waals surface area contributed by atoms with Gasteiger partial charge < -0.3 is 24.7 Å². The van der Waals surface area contributed by atoms with Crippen LogP contribution in [0.3, 0.4) is 0 Å². The van der Waals surface area contributed by atoms with Crippen LogP contribution in [0.5, 0.6) is 11.5 Å². The molecule has 0 saturated heterocycles. The maximum absolute atomic E-state index is 12.0. The topological polar surface area (TPSA) is 129 Å². The van der Waals surface area contributed by atoms with E-state index < -0.39 is 24.4 Å². The number of hydrogen-bond donors (Lipinski definition) is 2. The molecule has 0 bridgehead atoms. The van der Waals surface area contributed by atoms with Crippen molar-refractivity contribution in [2.75, 3.05) is 18.5 Å². The summed E-state index contributed by atoms with van der Waals surface area (Å²) in [7, 11) is 0. The fourth-order valence-electron chi connectivity index (χ4n) is 2.48. The van der Waals surface area contributed by atoms with Crippen molar-refractivity contribution in [3.63, 3.8) is 0 Å². The van der Waals surface area contributed by atoms with E-state index in [4.69, 9.17) is 9.47 Å². The Morgan fingerprint density at radius 2 is 1.80 bits per heavy atom. The van der Waals surface area contributed by atoms with Gasteiger partial charge in [0.25, 0.3) is 0 Å². The van der Waals surface area contributed by atoms with Crippen LogP contribution in [0.25, 0.3) is 0 Å². The van der Waals surface area contributed by atoms with Crippen molar-refractivity contribution in [2.45, 2.75) is 20.3 Å². The number of anilines is 1. The van der Waals surface area contributed by atoms with E-state index in [9.17, 15) is 19.5 Å². The third kappa shape index (κ3) is 6.62. The van der Waals surface area contributed by atoms with Gasteiger partial charge >= 0.3 is 11.8 Å². The van der Waals surface area contributed by atoms with E-state index in [2.05, 4.69) is 15.8 Å². The smallest absolute Gasteiger partial charge is 0.329 e. The first kappa shape index (κ1) is 22.4. The van der Waals surface area contributed by atoms with Crippen molar-refractivity contribution < 1.29 is 29.0 Å². The second-order valence-electron chi connectivity index (χ2n) is 5.96. The molecule has 0 aromatic heterocycles. The molecular formula is C21H22N3O6-. The fourth-order valence-corrected chi connectivity index (χ4v) is 2.48. The third-order valence-electron chi connectivity index (χ3n) is 3.85. The van der Waals surface area contributed by atoms with E-state index in [0.717, 1.165) is 5.56 Å². The van der Waals surface area contributed by atoms with Gasteiger partial charge in [-0.05, 0) is 48.7 Å². The number of rotatable bonds is 9.